The van der Waals surface area contributed by atoms with Gasteiger partial charge in [-0.1, -0.05) is 31.2 Å². The first-order valence-corrected chi connectivity index (χ1v) is 8.09. The maximum Gasteiger partial charge on any atom is 0.134 e. The van der Waals surface area contributed by atoms with Crippen molar-refractivity contribution in [1.82, 2.24) is 9.97 Å². The topological polar surface area (TPSA) is 41.0 Å². The van der Waals surface area contributed by atoms with E-state index >= 15 is 0 Å². The second kappa shape index (κ2) is 6.34. The highest BCUT2D eigenvalue weighted by Gasteiger charge is 2.23. The Balaban J connectivity index is 1.83. The monoisotopic (exact) mass is 296 g/mol. The molecule has 0 amide bonds. The molecule has 1 aromatic carbocycles. The van der Waals surface area contributed by atoms with Crippen molar-refractivity contribution in [3.05, 3.63) is 47.8 Å². The lowest BCUT2D eigenvalue weighted by atomic mass is 9.95. The number of anilines is 2. The molecule has 0 fully saturated rings. The minimum atomic E-state index is 0.419. The van der Waals surface area contributed by atoms with Gasteiger partial charge in [0.05, 0.1) is 0 Å². The SMILES string of the molecule is CC[C@H](C)Nc1cc(N2Cc3ccccc3C[C@@H]2C)ncn1. The molecular weight excluding hydrogens is 272 g/mol. The first-order chi connectivity index (χ1) is 10.7. The Morgan fingerprint density at radius 2 is 2.05 bits per heavy atom. The number of nitrogens with one attached hydrogen (secondary N) is 1. The Bertz CT molecular complexity index is 640. The largest absolute Gasteiger partial charge is 0.367 e. The molecule has 2 aromatic rings. The van der Waals surface area contributed by atoms with Crippen molar-refractivity contribution >= 4 is 11.6 Å². The molecule has 2 atom stereocenters. The van der Waals surface area contributed by atoms with Gasteiger partial charge >= 0.3 is 0 Å². The van der Waals surface area contributed by atoms with Crippen LogP contribution >= 0.6 is 0 Å². The molecule has 0 bridgehead atoms. The molecule has 1 aliphatic rings. The van der Waals surface area contributed by atoms with Crippen LogP contribution in [0.15, 0.2) is 36.7 Å². The molecule has 0 spiro atoms. The Morgan fingerprint density at radius 1 is 1.27 bits per heavy atom. The zero-order valence-electron chi connectivity index (χ0n) is 13.6. The van der Waals surface area contributed by atoms with Gasteiger partial charge in [-0.05, 0) is 37.8 Å². The highest BCUT2D eigenvalue weighted by atomic mass is 15.2. The molecule has 0 unspecified atom stereocenters. The Morgan fingerprint density at radius 3 is 2.82 bits per heavy atom. The van der Waals surface area contributed by atoms with E-state index in [1.54, 1.807) is 6.33 Å². The van der Waals surface area contributed by atoms with Crippen molar-refractivity contribution < 1.29 is 0 Å². The number of aromatic nitrogens is 2. The van der Waals surface area contributed by atoms with Crippen LogP contribution < -0.4 is 10.2 Å². The number of rotatable bonds is 4. The van der Waals surface area contributed by atoms with Crippen molar-refractivity contribution in [3.63, 3.8) is 0 Å². The Kier molecular flexibility index (Phi) is 4.27. The molecule has 1 N–H and O–H groups in total. The summed E-state index contributed by atoms with van der Waals surface area (Å²) in [6.07, 6.45) is 3.80. The van der Waals surface area contributed by atoms with Crippen molar-refractivity contribution in [1.29, 1.82) is 0 Å². The van der Waals surface area contributed by atoms with Crippen molar-refractivity contribution in [2.75, 3.05) is 10.2 Å². The number of benzene rings is 1. The highest BCUT2D eigenvalue weighted by molar-refractivity contribution is 5.51. The van der Waals surface area contributed by atoms with Gasteiger partial charge < -0.3 is 10.2 Å². The zero-order chi connectivity index (χ0) is 15.5. The summed E-state index contributed by atoms with van der Waals surface area (Å²) in [6.45, 7) is 7.52. The van der Waals surface area contributed by atoms with Crippen molar-refractivity contribution in [2.45, 2.75) is 52.2 Å². The Labute approximate surface area is 132 Å². The van der Waals surface area contributed by atoms with Gasteiger partial charge in [-0.15, -0.1) is 0 Å². The third-order valence-electron chi connectivity index (χ3n) is 4.46. The van der Waals surface area contributed by atoms with Gasteiger partial charge in [0.25, 0.3) is 0 Å². The maximum absolute atomic E-state index is 4.49. The summed E-state index contributed by atoms with van der Waals surface area (Å²) in [5.74, 6) is 1.91. The molecule has 0 aliphatic carbocycles. The van der Waals surface area contributed by atoms with Crippen molar-refractivity contribution in [2.24, 2.45) is 0 Å². The molecule has 1 aromatic heterocycles. The third kappa shape index (κ3) is 3.06. The summed E-state index contributed by atoms with van der Waals surface area (Å²) in [7, 11) is 0. The van der Waals surface area contributed by atoms with Gasteiger partial charge in [0.15, 0.2) is 0 Å². The molecule has 116 valence electrons. The number of nitrogens with zero attached hydrogens (tertiary/aromatic N) is 3. The summed E-state index contributed by atoms with van der Waals surface area (Å²) >= 11 is 0. The molecule has 4 nitrogen and oxygen atoms in total. The molecule has 2 heterocycles. The third-order valence-corrected chi connectivity index (χ3v) is 4.46. The summed E-state index contributed by atoms with van der Waals surface area (Å²) in [5.41, 5.74) is 2.86. The molecule has 1 aliphatic heterocycles. The van der Waals surface area contributed by atoms with E-state index in [2.05, 4.69) is 71.3 Å². The fraction of sp³-hybridized carbons (Fsp3) is 0.444. The van der Waals surface area contributed by atoms with Gasteiger partial charge in [0.2, 0.25) is 0 Å². The second-order valence-corrected chi connectivity index (χ2v) is 6.16. The van der Waals surface area contributed by atoms with Gasteiger partial charge in [0, 0.05) is 24.7 Å². The van der Waals surface area contributed by atoms with E-state index in [-0.39, 0.29) is 0 Å². The number of fused-ring (bicyclic) bond motifs is 1. The predicted octanol–water partition coefficient (Wildman–Crippen LogP) is 3.64. The zero-order valence-corrected chi connectivity index (χ0v) is 13.6. The fourth-order valence-corrected chi connectivity index (χ4v) is 2.92. The van der Waals surface area contributed by atoms with Gasteiger partial charge in [-0.25, -0.2) is 9.97 Å². The lowest BCUT2D eigenvalue weighted by Gasteiger charge is -2.36. The van der Waals surface area contributed by atoms with Crippen LogP contribution in [-0.2, 0) is 13.0 Å². The number of hydrogen-bond acceptors (Lipinski definition) is 4. The van der Waals surface area contributed by atoms with Crippen LogP contribution in [0.3, 0.4) is 0 Å². The van der Waals surface area contributed by atoms with E-state index in [9.17, 15) is 0 Å². The maximum atomic E-state index is 4.49. The average Bonchev–Trinajstić information content (AvgIpc) is 2.54. The number of hydrogen-bond donors (Lipinski definition) is 1. The molecule has 4 heteroatoms. The van der Waals surface area contributed by atoms with Crippen LogP contribution in [0.2, 0.25) is 0 Å². The lowest BCUT2D eigenvalue weighted by molar-refractivity contribution is 0.586. The van der Waals surface area contributed by atoms with Crippen LogP contribution in [0.25, 0.3) is 0 Å². The quantitative estimate of drug-likeness (QED) is 0.935. The molecule has 0 saturated carbocycles. The average molecular weight is 296 g/mol. The van der Waals surface area contributed by atoms with E-state index in [1.807, 2.05) is 0 Å². The standard InChI is InChI=1S/C18H24N4/c1-4-13(2)21-17-10-18(20-12-19-17)22-11-16-8-6-5-7-15(16)9-14(22)3/h5-8,10,12-14H,4,9,11H2,1-3H3,(H,19,20,21)/t13-,14-/m0/s1. The minimum Gasteiger partial charge on any atom is -0.367 e. The first kappa shape index (κ1) is 14.8. The smallest absolute Gasteiger partial charge is 0.134 e. The van der Waals surface area contributed by atoms with E-state index in [4.69, 9.17) is 0 Å². The van der Waals surface area contributed by atoms with Crippen LogP contribution in [0, 0.1) is 0 Å². The second-order valence-electron chi connectivity index (χ2n) is 6.16. The van der Waals surface area contributed by atoms with Gasteiger partial charge in [0.1, 0.15) is 18.0 Å². The molecule has 0 saturated heterocycles. The summed E-state index contributed by atoms with van der Waals surface area (Å²) in [6, 6.07) is 11.6. The van der Waals surface area contributed by atoms with E-state index in [0.717, 1.165) is 31.0 Å². The minimum absolute atomic E-state index is 0.419. The highest BCUT2D eigenvalue weighted by Crippen LogP contribution is 2.27. The predicted molar refractivity (Wildman–Crippen MR) is 91.2 cm³/mol. The molecule has 22 heavy (non-hydrogen) atoms. The molecule has 3 rings (SSSR count). The Hall–Kier alpha value is -2.10. The fourth-order valence-electron chi connectivity index (χ4n) is 2.92. The van der Waals surface area contributed by atoms with Crippen LogP contribution in [0.4, 0.5) is 11.6 Å². The summed E-state index contributed by atoms with van der Waals surface area (Å²) in [4.78, 5) is 11.2. The van der Waals surface area contributed by atoms with E-state index < -0.39 is 0 Å². The van der Waals surface area contributed by atoms with Gasteiger partial charge in [-0.3, -0.25) is 0 Å². The first-order valence-electron chi connectivity index (χ1n) is 8.09. The lowest BCUT2D eigenvalue weighted by Crippen LogP contribution is -2.39. The van der Waals surface area contributed by atoms with Crippen LogP contribution in [0.1, 0.15) is 38.3 Å². The van der Waals surface area contributed by atoms with Crippen LogP contribution in [0.5, 0.6) is 0 Å². The van der Waals surface area contributed by atoms with E-state index in [1.165, 1.54) is 11.1 Å². The van der Waals surface area contributed by atoms with Crippen LogP contribution in [-0.4, -0.2) is 22.1 Å². The van der Waals surface area contributed by atoms with Gasteiger partial charge in [-0.2, -0.15) is 0 Å². The summed E-state index contributed by atoms with van der Waals surface area (Å²) in [5, 5.41) is 3.43. The normalized spacial score (nSPS) is 18.7. The summed E-state index contributed by atoms with van der Waals surface area (Å²) < 4.78 is 0. The molecular formula is C18H24N4. The molecule has 0 radical (unpaired) electrons. The van der Waals surface area contributed by atoms with E-state index in [0.29, 0.717) is 12.1 Å². The van der Waals surface area contributed by atoms with Crippen molar-refractivity contribution in [3.8, 4) is 0 Å².